The molecule has 204 valence electrons. The molecule has 1 N–H and O–H groups in total. The summed E-state index contributed by atoms with van der Waals surface area (Å²) in [7, 11) is 0. The molecule has 7 nitrogen and oxygen atoms in total. The molecule has 2 aromatic carbocycles. The topological polar surface area (TPSA) is 80.2 Å². The van der Waals surface area contributed by atoms with E-state index >= 15 is 0 Å². The van der Waals surface area contributed by atoms with E-state index in [1.165, 1.54) is 31.2 Å². The molecule has 2 atom stereocenters. The highest BCUT2D eigenvalue weighted by Crippen LogP contribution is 2.49. The summed E-state index contributed by atoms with van der Waals surface area (Å²) in [6.45, 7) is -0.624. The summed E-state index contributed by atoms with van der Waals surface area (Å²) in [4.78, 5) is 34.5. The first-order valence-corrected chi connectivity index (χ1v) is 11.6. The maximum absolute atomic E-state index is 14.2. The molecule has 4 rings (SSSR count). The highest BCUT2D eigenvalue weighted by atomic mass is 35.5. The van der Waals surface area contributed by atoms with E-state index in [4.69, 9.17) is 32.9 Å². The number of carbonyl (C=O) groups is 2. The zero-order valence-electron chi connectivity index (χ0n) is 19.2. The molecule has 0 aromatic heterocycles. The molecule has 2 aliphatic rings. The quantitative estimate of drug-likeness (QED) is 0.483. The third kappa shape index (κ3) is 5.54. The van der Waals surface area contributed by atoms with Gasteiger partial charge in [0.05, 0.1) is 5.71 Å². The first kappa shape index (κ1) is 28.0. The van der Waals surface area contributed by atoms with Crippen LogP contribution in [0.4, 0.5) is 26.3 Å². The smallest absolute Gasteiger partial charge is 0.374 e. The predicted molar refractivity (Wildman–Crippen MR) is 123 cm³/mol. The first-order valence-electron chi connectivity index (χ1n) is 10.8. The van der Waals surface area contributed by atoms with E-state index in [1.807, 2.05) is 0 Å². The Morgan fingerprint density at radius 2 is 1.79 bits per heavy atom. The Morgan fingerprint density at radius 3 is 2.37 bits per heavy atom. The van der Waals surface area contributed by atoms with Gasteiger partial charge in [-0.15, -0.1) is 0 Å². The Kier molecular flexibility index (Phi) is 7.32. The number of nitrogens with zero attached hydrogens (tertiary/aromatic N) is 2. The molecule has 38 heavy (non-hydrogen) atoms. The number of carbonyl (C=O) groups excluding carboxylic acids is 2. The molecule has 0 spiro atoms. The summed E-state index contributed by atoms with van der Waals surface area (Å²) < 4.78 is 80.3. The predicted octanol–water partition coefficient (Wildman–Crippen LogP) is 5.32. The van der Waals surface area contributed by atoms with Gasteiger partial charge in [-0.2, -0.15) is 26.3 Å². The third-order valence-corrected chi connectivity index (χ3v) is 6.32. The molecule has 2 amide bonds. The largest absolute Gasteiger partial charge is 0.435 e. The molecule has 2 heterocycles. The lowest BCUT2D eigenvalue weighted by molar-refractivity contribution is -0.275. The van der Waals surface area contributed by atoms with Gasteiger partial charge in [0, 0.05) is 27.6 Å². The molecule has 0 radical (unpaired) electrons. The number of aryl methyl sites for hydroxylation is 1. The standard InChI is InChI=1S/C23H17Cl2F6N3O4/c1-11-4-12(2-3-16(11)19(35)32-18-9-37-34(20(18)36)10-22(26,27)28)17-8-21(38-33-17,23(29,30)31)13-5-14(24)7-15(25)6-13/h2-7,18H,8-10H2,1H3,(H,32,35)/t18-,21?/m1/s1. The van der Waals surface area contributed by atoms with Crippen molar-refractivity contribution in [1.29, 1.82) is 0 Å². The molecule has 0 aliphatic carbocycles. The minimum atomic E-state index is -4.89. The third-order valence-electron chi connectivity index (χ3n) is 5.89. The number of oxime groups is 1. The lowest BCUT2D eigenvalue weighted by Crippen LogP contribution is -2.44. The van der Waals surface area contributed by atoms with Crippen molar-refractivity contribution in [3.63, 3.8) is 0 Å². The number of benzene rings is 2. The van der Waals surface area contributed by atoms with Crippen LogP contribution >= 0.6 is 23.2 Å². The summed E-state index contributed by atoms with van der Waals surface area (Å²) >= 11 is 11.8. The number of nitrogens with one attached hydrogen (secondary N) is 1. The summed E-state index contributed by atoms with van der Waals surface area (Å²) in [5.74, 6) is -1.85. The summed E-state index contributed by atoms with van der Waals surface area (Å²) in [5.41, 5.74) is -2.66. The highest BCUT2D eigenvalue weighted by Gasteiger charge is 2.62. The number of hydroxylamine groups is 2. The molecule has 1 fully saturated rings. The first-order chi connectivity index (χ1) is 17.6. The second-order valence-electron chi connectivity index (χ2n) is 8.63. The molecule has 1 saturated heterocycles. The average molecular weight is 584 g/mol. The van der Waals surface area contributed by atoms with Crippen molar-refractivity contribution in [2.75, 3.05) is 13.2 Å². The van der Waals surface area contributed by atoms with E-state index in [-0.39, 0.29) is 37.5 Å². The van der Waals surface area contributed by atoms with E-state index in [2.05, 4.69) is 10.5 Å². The number of rotatable bonds is 5. The minimum Gasteiger partial charge on any atom is -0.374 e. The maximum Gasteiger partial charge on any atom is 0.435 e. The molecule has 0 bridgehead atoms. The van der Waals surface area contributed by atoms with Crippen LogP contribution in [0.3, 0.4) is 0 Å². The minimum absolute atomic E-state index is 0.0212. The van der Waals surface area contributed by atoms with E-state index in [0.717, 1.165) is 12.1 Å². The monoisotopic (exact) mass is 583 g/mol. The fourth-order valence-electron chi connectivity index (χ4n) is 4.04. The summed E-state index contributed by atoms with van der Waals surface area (Å²) in [6, 6.07) is 6.14. The van der Waals surface area contributed by atoms with Gasteiger partial charge < -0.3 is 10.2 Å². The number of amides is 2. The molecule has 15 heteroatoms. The summed E-state index contributed by atoms with van der Waals surface area (Å²) in [5, 5.41) is 6.05. The van der Waals surface area contributed by atoms with Gasteiger partial charge in [-0.3, -0.25) is 14.4 Å². The molecular formula is C23H17Cl2F6N3O4. The van der Waals surface area contributed by atoms with Crippen LogP contribution < -0.4 is 5.32 Å². The molecule has 2 aromatic rings. The van der Waals surface area contributed by atoms with Crippen LogP contribution in [0.15, 0.2) is 41.6 Å². The maximum atomic E-state index is 14.2. The van der Waals surface area contributed by atoms with Gasteiger partial charge in [0.15, 0.2) is 0 Å². The van der Waals surface area contributed by atoms with Crippen molar-refractivity contribution in [1.82, 2.24) is 10.4 Å². The fraction of sp³-hybridized carbons (Fsp3) is 0.348. The zero-order valence-corrected chi connectivity index (χ0v) is 20.7. The molecule has 2 aliphatic heterocycles. The van der Waals surface area contributed by atoms with Crippen LogP contribution in [0.2, 0.25) is 10.0 Å². The molecule has 1 unspecified atom stereocenters. The Bertz CT molecular complexity index is 1300. The summed E-state index contributed by atoms with van der Waals surface area (Å²) in [6.07, 6.45) is -10.3. The van der Waals surface area contributed by atoms with Gasteiger partial charge in [0.1, 0.15) is 19.2 Å². The van der Waals surface area contributed by atoms with Crippen LogP contribution in [-0.2, 0) is 20.1 Å². The fourth-order valence-corrected chi connectivity index (χ4v) is 4.57. The van der Waals surface area contributed by atoms with Gasteiger partial charge in [-0.25, -0.2) is 5.06 Å². The van der Waals surface area contributed by atoms with Crippen LogP contribution in [-0.4, -0.2) is 54.1 Å². The second kappa shape index (κ2) is 9.93. The highest BCUT2D eigenvalue weighted by molar-refractivity contribution is 6.34. The lowest BCUT2D eigenvalue weighted by Gasteiger charge is -2.29. The van der Waals surface area contributed by atoms with Gasteiger partial charge in [0.25, 0.3) is 17.4 Å². The van der Waals surface area contributed by atoms with Crippen molar-refractivity contribution in [2.45, 2.75) is 37.3 Å². The second-order valence-corrected chi connectivity index (χ2v) is 9.50. The Balaban J connectivity index is 1.51. The Labute approximate surface area is 221 Å². The van der Waals surface area contributed by atoms with Crippen LogP contribution in [0.5, 0.6) is 0 Å². The van der Waals surface area contributed by atoms with Crippen molar-refractivity contribution in [3.05, 3.63) is 68.7 Å². The molecule has 0 saturated carbocycles. The molecular weight excluding hydrogens is 567 g/mol. The van der Waals surface area contributed by atoms with Gasteiger partial charge in [-0.1, -0.05) is 34.4 Å². The van der Waals surface area contributed by atoms with Gasteiger partial charge in [-0.05, 0) is 48.4 Å². The Morgan fingerprint density at radius 1 is 1.13 bits per heavy atom. The van der Waals surface area contributed by atoms with Gasteiger partial charge >= 0.3 is 12.4 Å². The van der Waals surface area contributed by atoms with Crippen LogP contribution in [0, 0.1) is 6.92 Å². The van der Waals surface area contributed by atoms with Crippen LogP contribution in [0.25, 0.3) is 0 Å². The Hall–Kier alpha value is -3.03. The average Bonchev–Trinajstić information content (AvgIpc) is 3.38. The van der Waals surface area contributed by atoms with Crippen molar-refractivity contribution in [2.24, 2.45) is 5.16 Å². The number of alkyl halides is 6. The zero-order chi connectivity index (χ0) is 28.0. The number of hydrogen-bond donors (Lipinski definition) is 1. The SMILES string of the molecule is Cc1cc(C2=NOC(c3cc(Cl)cc(Cl)c3)(C(F)(F)F)C2)ccc1C(=O)N[C@@H]1CON(CC(F)(F)F)C1=O. The van der Waals surface area contributed by atoms with Crippen LogP contribution in [0.1, 0.15) is 33.5 Å². The number of halogens is 8. The van der Waals surface area contributed by atoms with Crippen molar-refractivity contribution in [3.8, 4) is 0 Å². The van der Waals surface area contributed by atoms with E-state index in [1.54, 1.807) is 0 Å². The lowest BCUT2D eigenvalue weighted by atomic mass is 9.86. The van der Waals surface area contributed by atoms with E-state index in [0.29, 0.717) is 5.56 Å². The van der Waals surface area contributed by atoms with E-state index < -0.39 is 55.4 Å². The van der Waals surface area contributed by atoms with E-state index in [9.17, 15) is 35.9 Å². The van der Waals surface area contributed by atoms with Gasteiger partial charge in [0.2, 0.25) is 0 Å². The van der Waals surface area contributed by atoms with Crippen molar-refractivity contribution < 1.29 is 45.6 Å². The normalized spacial score (nSPS) is 21.9. The number of hydrogen-bond acceptors (Lipinski definition) is 5. The van der Waals surface area contributed by atoms with Crippen molar-refractivity contribution >= 4 is 40.7 Å².